The molecule has 0 aromatic carbocycles. The second-order valence-electron chi connectivity index (χ2n) is 3.52. The highest BCUT2D eigenvalue weighted by Crippen LogP contribution is 2.05. The van der Waals surface area contributed by atoms with E-state index in [0.717, 1.165) is 0 Å². The van der Waals surface area contributed by atoms with E-state index in [-0.39, 0.29) is 12.7 Å². The van der Waals surface area contributed by atoms with Gasteiger partial charge in [-0.3, -0.25) is 4.79 Å². The van der Waals surface area contributed by atoms with E-state index in [1.807, 2.05) is 13.8 Å². The minimum absolute atomic E-state index is 0.0888. The average molecular weight is 237 g/mol. The molecular weight excluding hydrogens is 218 g/mol. The van der Waals surface area contributed by atoms with Crippen molar-refractivity contribution in [3.05, 3.63) is 0 Å². The third-order valence-electron chi connectivity index (χ3n) is 1.55. The maximum Gasteiger partial charge on any atom is 0.321 e. The first kappa shape index (κ1) is 14.7. The molecule has 0 saturated heterocycles. The summed E-state index contributed by atoms with van der Waals surface area (Å²) in [7, 11) is 0. The average Bonchev–Trinajstić information content (AvgIpc) is 2.14. The number of carboxylic acids is 1. The van der Waals surface area contributed by atoms with Gasteiger partial charge in [0, 0.05) is 11.5 Å². The lowest BCUT2D eigenvalue weighted by Crippen LogP contribution is -2.33. The number of aliphatic hydroxyl groups excluding tert-OH is 1. The van der Waals surface area contributed by atoms with Crippen LogP contribution in [0.1, 0.15) is 13.8 Å². The molecule has 0 aliphatic rings. The Kier molecular flexibility index (Phi) is 7.76. The Morgan fingerprint density at radius 2 is 2.07 bits per heavy atom. The molecule has 0 radical (unpaired) electrons. The van der Waals surface area contributed by atoms with Crippen molar-refractivity contribution in [3.8, 4) is 0 Å². The zero-order chi connectivity index (χ0) is 11.8. The number of ether oxygens (including phenoxy) is 1. The number of thioether (sulfide) groups is 1. The molecule has 0 heterocycles. The van der Waals surface area contributed by atoms with Crippen LogP contribution in [0.2, 0.25) is 0 Å². The fraction of sp³-hybridized carbons (Fsp3) is 0.889. The highest BCUT2D eigenvalue weighted by molar-refractivity contribution is 7.99. The number of hydrogen-bond donors (Lipinski definition) is 3. The Morgan fingerprint density at radius 3 is 2.53 bits per heavy atom. The molecule has 4 N–H and O–H groups in total. The number of rotatable bonds is 8. The molecule has 0 aromatic heterocycles. The molecule has 0 spiro atoms. The molecule has 90 valence electrons. The van der Waals surface area contributed by atoms with Crippen molar-refractivity contribution in [3.63, 3.8) is 0 Å². The standard InChI is InChI=1S/C9H19NO4S/c1-6(2)14-3-7(11)4-15-5-8(10)9(12)13/h6-8,11H,3-5,10H2,1-2H3,(H,12,13). The van der Waals surface area contributed by atoms with E-state index in [1.165, 1.54) is 11.8 Å². The van der Waals surface area contributed by atoms with Crippen LogP contribution in [0.3, 0.4) is 0 Å². The van der Waals surface area contributed by atoms with Gasteiger partial charge in [-0.1, -0.05) is 0 Å². The van der Waals surface area contributed by atoms with Crippen molar-refractivity contribution < 1.29 is 19.7 Å². The van der Waals surface area contributed by atoms with Gasteiger partial charge in [0.15, 0.2) is 0 Å². The van der Waals surface area contributed by atoms with E-state index >= 15 is 0 Å². The van der Waals surface area contributed by atoms with E-state index in [9.17, 15) is 9.90 Å². The summed E-state index contributed by atoms with van der Waals surface area (Å²) in [6, 6.07) is -0.867. The summed E-state index contributed by atoms with van der Waals surface area (Å²) in [5.41, 5.74) is 5.29. The lowest BCUT2D eigenvalue weighted by Gasteiger charge is -2.13. The monoisotopic (exact) mass is 237 g/mol. The minimum Gasteiger partial charge on any atom is -0.480 e. The van der Waals surface area contributed by atoms with E-state index in [0.29, 0.717) is 11.5 Å². The Balaban J connectivity index is 3.46. The summed E-state index contributed by atoms with van der Waals surface area (Å²) in [4.78, 5) is 10.4. The Hall–Kier alpha value is -0.300. The van der Waals surface area contributed by atoms with Crippen molar-refractivity contribution in [2.45, 2.75) is 32.1 Å². The smallest absolute Gasteiger partial charge is 0.321 e. The molecule has 0 rings (SSSR count). The molecule has 0 aliphatic heterocycles. The topological polar surface area (TPSA) is 92.8 Å². The van der Waals surface area contributed by atoms with Crippen molar-refractivity contribution in [2.75, 3.05) is 18.1 Å². The summed E-state index contributed by atoms with van der Waals surface area (Å²) >= 11 is 1.31. The number of aliphatic carboxylic acids is 1. The zero-order valence-electron chi connectivity index (χ0n) is 9.05. The molecular formula is C9H19NO4S. The van der Waals surface area contributed by atoms with Crippen LogP contribution < -0.4 is 5.73 Å². The molecule has 15 heavy (non-hydrogen) atoms. The van der Waals surface area contributed by atoms with E-state index in [4.69, 9.17) is 15.6 Å². The van der Waals surface area contributed by atoms with Gasteiger partial charge < -0.3 is 20.7 Å². The second-order valence-corrected chi connectivity index (χ2v) is 4.59. The molecule has 0 amide bonds. The molecule has 5 nitrogen and oxygen atoms in total. The number of nitrogens with two attached hydrogens (primary N) is 1. The Bertz CT molecular complexity index is 189. The predicted octanol–water partition coefficient (Wildman–Crippen LogP) is -0.0826. The van der Waals surface area contributed by atoms with Crippen molar-refractivity contribution in [1.82, 2.24) is 0 Å². The van der Waals surface area contributed by atoms with Crippen LogP contribution in [-0.2, 0) is 9.53 Å². The molecule has 0 bridgehead atoms. The fourth-order valence-electron chi connectivity index (χ4n) is 0.754. The van der Waals surface area contributed by atoms with E-state index in [1.54, 1.807) is 0 Å². The van der Waals surface area contributed by atoms with Gasteiger partial charge in [0.1, 0.15) is 6.04 Å². The van der Waals surface area contributed by atoms with Gasteiger partial charge in [0.2, 0.25) is 0 Å². The molecule has 0 aliphatic carbocycles. The van der Waals surface area contributed by atoms with Gasteiger partial charge in [-0.05, 0) is 13.8 Å². The van der Waals surface area contributed by atoms with Crippen LogP contribution in [-0.4, -0.2) is 52.5 Å². The number of hydrogen-bond acceptors (Lipinski definition) is 5. The van der Waals surface area contributed by atoms with Gasteiger partial charge in [0.25, 0.3) is 0 Å². The molecule has 0 fully saturated rings. The maximum atomic E-state index is 10.4. The zero-order valence-corrected chi connectivity index (χ0v) is 9.87. The molecule has 2 atom stereocenters. The Labute approximate surface area is 94.0 Å². The molecule has 6 heteroatoms. The minimum atomic E-state index is -1.02. The van der Waals surface area contributed by atoms with Gasteiger partial charge in [-0.2, -0.15) is 11.8 Å². The Morgan fingerprint density at radius 1 is 1.47 bits per heavy atom. The summed E-state index contributed by atoms with van der Waals surface area (Å²) in [6.45, 7) is 4.05. The first-order valence-electron chi connectivity index (χ1n) is 4.79. The van der Waals surface area contributed by atoms with Crippen LogP contribution in [0, 0.1) is 0 Å². The third-order valence-corrected chi connectivity index (χ3v) is 2.76. The van der Waals surface area contributed by atoms with Gasteiger partial charge in [-0.25, -0.2) is 0 Å². The van der Waals surface area contributed by atoms with Crippen LogP contribution >= 0.6 is 11.8 Å². The van der Waals surface area contributed by atoms with Crippen molar-refractivity contribution in [2.24, 2.45) is 5.73 Å². The lowest BCUT2D eigenvalue weighted by molar-refractivity contribution is -0.137. The fourth-order valence-corrected chi connectivity index (χ4v) is 1.65. The first-order valence-corrected chi connectivity index (χ1v) is 5.94. The summed E-state index contributed by atoms with van der Waals surface area (Å²) < 4.78 is 5.20. The quantitative estimate of drug-likeness (QED) is 0.546. The molecule has 0 saturated carbocycles. The normalized spacial score (nSPS) is 15.3. The van der Waals surface area contributed by atoms with Crippen LogP contribution in [0.5, 0.6) is 0 Å². The highest BCUT2D eigenvalue weighted by Gasteiger charge is 2.12. The SMILES string of the molecule is CC(C)OCC(O)CSCC(N)C(=O)O. The lowest BCUT2D eigenvalue weighted by atomic mass is 10.4. The summed E-state index contributed by atoms with van der Waals surface area (Å²) in [6.07, 6.45) is -0.482. The van der Waals surface area contributed by atoms with Crippen LogP contribution in [0.25, 0.3) is 0 Å². The predicted molar refractivity (Wildman–Crippen MR) is 60.0 cm³/mol. The molecule has 0 aromatic rings. The second kappa shape index (κ2) is 7.92. The summed E-state index contributed by atoms with van der Waals surface area (Å²) in [5, 5.41) is 17.9. The highest BCUT2D eigenvalue weighted by atomic mass is 32.2. The van der Waals surface area contributed by atoms with Gasteiger partial charge in [0.05, 0.1) is 18.8 Å². The maximum absolute atomic E-state index is 10.4. The number of aliphatic hydroxyl groups is 1. The molecule has 2 unspecified atom stereocenters. The first-order chi connectivity index (χ1) is 6.93. The van der Waals surface area contributed by atoms with Crippen LogP contribution in [0.15, 0.2) is 0 Å². The van der Waals surface area contributed by atoms with Gasteiger partial charge >= 0.3 is 5.97 Å². The van der Waals surface area contributed by atoms with Crippen molar-refractivity contribution in [1.29, 1.82) is 0 Å². The van der Waals surface area contributed by atoms with Crippen LogP contribution in [0.4, 0.5) is 0 Å². The number of carbonyl (C=O) groups is 1. The van der Waals surface area contributed by atoms with Gasteiger partial charge in [-0.15, -0.1) is 0 Å². The van der Waals surface area contributed by atoms with E-state index in [2.05, 4.69) is 0 Å². The summed E-state index contributed by atoms with van der Waals surface area (Å²) in [5.74, 6) is -0.280. The van der Waals surface area contributed by atoms with Crippen molar-refractivity contribution >= 4 is 17.7 Å². The largest absolute Gasteiger partial charge is 0.480 e. The number of carboxylic acid groups (broad SMARTS) is 1. The van der Waals surface area contributed by atoms with E-state index < -0.39 is 18.1 Å². The third kappa shape index (κ3) is 8.68.